The number of halogens is 1. The number of thiophene rings is 1. The van der Waals surface area contributed by atoms with Crippen LogP contribution < -0.4 is 5.32 Å². The molecule has 2 aromatic rings. The van der Waals surface area contributed by atoms with Gasteiger partial charge < -0.3 is 5.32 Å². The van der Waals surface area contributed by atoms with E-state index in [1.54, 1.807) is 11.3 Å². The van der Waals surface area contributed by atoms with Crippen LogP contribution in [-0.2, 0) is 11.9 Å². The Morgan fingerprint density at radius 1 is 1.26 bits per heavy atom. The summed E-state index contributed by atoms with van der Waals surface area (Å²) in [6.45, 7) is 4.63. The fourth-order valence-electron chi connectivity index (χ4n) is 1.78. The summed E-state index contributed by atoms with van der Waals surface area (Å²) in [5.74, 6) is 0.00504. The van der Waals surface area contributed by atoms with Crippen molar-refractivity contribution in [1.82, 2.24) is 5.32 Å². The van der Waals surface area contributed by atoms with Gasteiger partial charge in [0.1, 0.15) is 0 Å². The number of nitrogens with one attached hydrogen (secondary N) is 1. The van der Waals surface area contributed by atoms with E-state index in [2.05, 4.69) is 33.4 Å². The first kappa shape index (κ1) is 14.3. The molecule has 0 fully saturated rings. The molecule has 0 unspecified atom stereocenters. The largest absolute Gasteiger partial charge is 0.347 e. The van der Waals surface area contributed by atoms with E-state index in [0.717, 1.165) is 15.8 Å². The minimum absolute atomic E-state index is 0.00504. The first-order chi connectivity index (χ1) is 9.10. The Morgan fingerprint density at radius 2 is 2.00 bits per heavy atom. The van der Waals surface area contributed by atoms with Crippen molar-refractivity contribution >= 4 is 33.2 Å². The molecule has 0 aliphatic rings. The third-order valence-corrected chi connectivity index (χ3v) is 4.79. The summed E-state index contributed by atoms with van der Waals surface area (Å²) < 4.78 is 0. The first-order valence-electron chi connectivity index (χ1n) is 6.09. The fraction of sp³-hybridized carbons (Fsp3) is 0.267. The standard InChI is InChI=1S/C15H16BrNOS/c1-10-6-14(19-11(10)2)15(18)17-9-13-5-3-4-12(7-13)8-16/h3-7H,8-9H2,1-2H3,(H,17,18). The van der Waals surface area contributed by atoms with Crippen LogP contribution in [0.15, 0.2) is 30.3 Å². The Labute approximate surface area is 126 Å². The second-order valence-corrected chi connectivity index (χ2v) is 6.30. The molecule has 1 heterocycles. The summed E-state index contributed by atoms with van der Waals surface area (Å²) in [4.78, 5) is 14.0. The second kappa shape index (κ2) is 6.35. The molecular weight excluding hydrogens is 322 g/mol. The molecule has 0 radical (unpaired) electrons. The number of carbonyl (C=O) groups is 1. The molecule has 2 nitrogen and oxygen atoms in total. The van der Waals surface area contributed by atoms with E-state index in [-0.39, 0.29) is 5.91 Å². The molecule has 1 aromatic heterocycles. The zero-order valence-corrected chi connectivity index (χ0v) is 13.4. The molecule has 1 aromatic carbocycles. The molecule has 1 N–H and O–H groups in total. The lowest BCUT2D eigenvalue weighted by Crippen LogP contribution is -2.21. The number of amides is 1. The molecule has 4 heteroatoms. The van der Waals surface area contributed by atoms with Gasteiger partial charge in [0.2, 0.25) is 0 Å². The average Bonchev–Trinajstić information content (AvgIpc) is 2.76. The Kier molecular flexibility index (Phi) is 4.77. The maximum Gasteiger partial charge on any atom is 0.261 e. The lowest BCUT2D eigenvalue weighted by Gasteiger charge is -2.05. The van der Waals surface area contributed by atoms with E-state index in [1.807, 2.05) is 32.0 Å². The van der Waals surface area contributed by atoms with Gasteiger partial charge in [-0.1, -0.05) is 40.2 Å². The zero-order chi connectivity index (χ0) is 13.8. The van der Waals surface area contributed by atoms with Gasteiger partial charge in [-0.25, -0.2) is 0 Å². The van der Waals surface area contributed by atoms with Crippen LogP contribution in [0.1, 0.15) is 31.2 Å². The molecule has 19 heavy (non-hydrogen) atoms. The maximum atomic E-state index is 12.0. The van der Waals surface area contributed by atoms with Crippen LogP contribution in [0.5, 0.6) is 0 Å². The molecule has 0 spiro atoms. The van der Waals surface area contributed by atoms with Gasteiger partial charge in [0, 0.05) is 16.8 Å². The molecule has 100 valence electrons. The van der Waals surface area contributed by atoms with Gasteiger partial charge in [-0.2, -0.15) is 0 Å². The van der Waals surface area contributed by atoms with Gasteiger partial charge in [-0.15, -0.1) is 11.3 Å². The van der Waals surface area contributed by atoms with Crippen molar-refractivity contribution in [3.8, 4) is 0 Å². The number of rotatable bonds is 4. The van der Waals surface area contributed by atoms with Crippen LogP contribution in [0.3, 0.4) is 0 Å². The smallest absolute Gasteiger partial charge is 0.261 e. The highest BCUT2D eigenvalue weighted by molar-refractivity contribution is 9.08. The van der Waals surface area contributed by atoms with E-state index in [9.17, 15) is 4.79 Å². The summed E-state index contributed by atoms with van der Waals surface area (Å²) in [6, 6.07) is 10.1. The number of benzene rings is 1. The van der Waals surface area contributed by atoms with Crippen molar-refractivity contribution < 1.29 is 4.79 Å². The van der Waals surface area contributed by atoms with Gasteiger partial charge in [0.15, 0.2) is 0 Å². The van der Waals surface area contributed by atoms with E-state index in [1.165, 1.54) is 16.0 Å². The van der Waals surface area contributed by atoms with Crippen molar-refractivity contribution in [2.24, 2.45) is 0 Å². The Balaban J connectivity index is 2.00. The number of alkyl halides is 1. The van der Waals surface area contributed by atoms with Crippen molar-refractivity contribution in [2.45, 2.75) is 25.7 Å². The Hall–Kier alpha value is -1.13. The monoisotopic (exact) mass is 337 g/mol. The van der Waals surface area contributed by atoms with Crippen LogP contribution in [0.4, 0.5) is 0 Å². The molecule has 1 amide bonds. The van der Waals surface area contributed by atoms with Gasteiger partial charge in [-0.05, 0) is 36.6 Å². The number of hydrogen-bond acceptors (Lipinski definition) is 2. The van der Waals surface area contributed by atoms with Gasteiger partial charge in [0.25, 0.3) is 5.91 Å². The molecule has 0 bridgehead atoms. The van der Waals surface area contributed by atoms with Crippen molar-refractivity contribution in [3.63, 3.8) is 0 Å². The molecular formula is C15H16BrNOS. The fourth-order valence-corrected chi connectivity index (χ4v) is 3.08. The quantitative estimate of drug-likeness (QED) is 0.832. The van der Waals surface area contributed by atoms with Crippen LogP contribution >= 0.6 is 27.3 Å². The van der Waals surface area contributed by atoms with Crippen molar-refractivity contribution in [3.05, 3.63) is 56.8 Å². The van der Waals surface area contributed by atoms with E-state index in [4.69, 9.17) is 0 Å². The highest BCUT2D eigenvalue weighted by Crippen LogP contribution is 2.20. The summed E-state index contributed by atoms with van der Waals surface area (Å²) >= 11 is 4.98. The van der Waals surface area contributed by atoms with Crippen LogP contribution in [0, 0.1) is 13.8 Å². The first-order valence-corrected chi connectivity index (χ1v) is 8.03. The lowest BCUT2D eigenvalue weighted by molar-refractivity contribution is 0.0955. The third-order valence-electron chi connectivity index (χ3n) is 2.99. The second-order valence-electron chi connectivity index (χ2n) is 4.49. The topological polar surface area (TPSA) is 29.1 Å². The van der Waals surface area contributed by atoms with Gasteiger partial charge >= 0.3 is 0 Å². The van der Waals surface area contributed by atoms with Crippen LogP contribution in [0.2, 0.25) is 0 Å². The molecule has 0 saturated carbocycles. The predicted octanol–water partition coefficient (Wildman–Crippen LogP) is 4.19. The third kappa shape index (κ3) is 3.67. The molecule has 2 rings (SSSR count). The van der Waals surface area contributed by atoms with E-state index >= 15 is 0 Å². The number of carbonyl (C=O) groups excluding carboxylic acids is 1. The molecule has 0 atom stereocenters. The summed E-state index contributed by atoms with van der Waals surface area (Å²) in [7, 11) is 0. The lowest BCUT2D eigenvalue weighted by atomic mass is 10.1. The molecule has 0 aliphatic heterocycles. The van der Waals surface area contributed by atoms with Gasteiger partial charge in [-0.3, -0.25) is 4.79 Å². The number of aryl methyl sites for hydroxylation is 2. The van der Waals surface area contributed by atoms with Crippen LogP contribution in [0.25, 0.3) is 0 Å². The van der Waals surface area contributed by atoms with E-state index < -0.39 is 0 Å². The minimum atomic E-state index is 0.00504. The SMILES string of the molecule is Cc1cc(C(=O)NCc2cccc(CBr)c2)sc1C. The van der Waals surface area contributed by atoms with E-state index in [0.29, 0.717) is 6.54 Å². The summed E-state index contributed by atoms with van der Waals surface area (Å²) in [6.07, 6.45) is 0. The highest BCUT2D eigenvalue weighted by atomic mass is 79.9. The average molecular weight is 338 g/mol. The minimum Gasteiger partial charge on any atom is -0.347 e. The molecule has 0 saturated heterocycles. The maximum absolute atomic E-state index is 12.0. The number of hydrogen-bond donors (Lipinski definition) is 1. The van der Waals surface area contributed by atoms with Gasteiger partial charge in [0.05, 0.1) is 4.88 Å². The Bertz CT molecular complexity index is 572. The van der Waals surface area contributed by atoms with Crippen molar-refractivity contribution in [1.29, 1.82) is 0 Å². The summed E-state index contributed by atoms with van der Waals surface area (Å²) in [5, 5.41) is 3.79. The normalized spacial score (nSPS) is 10.5. The summed E-state index contributed by atoms with van der Waals surface area (Å²) in [5.41, 5.74) is 3.52. The predicted molar refractivity (Wildman–Crippen MR) is 84.0 cm³/mol. The zero-order valence-electron chi connectivity index (χ0n) is 11.0. The highest BCUT2D eigenvalue weighted by Gasteiger charge is 2.09. The molecule has 0 aliphatic carbocycles. The van der Waals surface area contributed by atoms with Crippen molar-refractivity contribution in [2.75, 3.05) is 0 Å². The van der Waals surface area contributed by atoms with Crippen LogP contribution in [-0.4, -0.2) is 5.91 Å². The Morgan fingerprint density at radius 3 is 2.63 bits per heavy atom.